The summed E-state index contributed by atoms with van der Waals surface area (Å²) in [7, 11) is 1.99. The molecule has 1 aliphatic rings. The lowest BCUT2D eigenvalue weighted by atomic mass is 9.95. The molecule has 116 valence electrons. The van der Waals surface area contributed by atoms with E-state index in [1.54, 1.807) is 0 Å². The quantitative estimate of drug-likeness (QED) is 0.735. The molecule has 0 bridgehead atoms. The van der Waals surface area contributed by atoms with E-state index < -0.39 is 0 Å². The van der Waals surface area contributed by atoms with E-state index in [1.807, 2.05) is 20.0 Å². The second kappa shape index (κ2) is 6.48. The van der Waals surface area contributed by atoms with Crippen LogP contribution in [0.1, 0.15) is 49.3 Å². The van der Waals surface area contributed by atoms with Crippen molar-refractivity contribution in [2.75, 3.05) is 13.6 Å². The van der Waals surface area contributed by atoms with Crippen LogP contribution in [-0.4, -0.2) is 30.6 Å². The molecule has 0 saturated heterocycles. The first-order valence-corrected chi connectivity index (χ1v) is 7.80. The van der Waals surface area contributed by atoms with E-state index in [-0.39, 0.29) is 5.91 Å². The first-order chi connectivity index (χ1) is 9.86. The van der Waals surface area contributed by atoms with Crippen molar-refractivity contribution in [3.63, 3.8) is 0 Å². The predicted octanol–water partition coefficient (Wildman–Crippen LogP) is 1.12. The fourth-order valence-electron chi connectivity index (χ4n) is 2.69. The third-order valence-corrected chi connectivity index (χ3v) is 3.99. The monoisotopic (exact) mass is 291 g/mol. The third kappa shape index (κ3) is 4.46. The highest BCUT2D eigenvalue weighted by Gasteiger charge is 2.24. The van der Waals surface area contributed by atoms with Crippen molar-refractivity contribution in [3.8, 4) is 5.75 Å². The molecule has 1 aromatic carbocycles. The summed E-state index contributed by atoms with van der Waals surface area (Å²) >= 11 is 0. The summed E-state index contributed by atoms with van der Waals surface area (Å²) in [6, 6.07) is 4.32. The number of amides is 1. The van der Waals surface area contributed by atoms with E-state index in [0.29, 0.717) is 30.8 Å². The molecule has 1 atom stereocenters. The summed E-state index contributed by atoms with van der Waals surface area (Å²) in [5, 5.41) is 13.1. The zero-order valence-corrected chi connectivity index (χ0v) is 13.5. The molecule has 0 radical (unpaired) electrons. The van der Waals surface area contributed by atoms with Crippen LogP contribution in [0, 0.1) is 6.92 Å². The lowest BCUT2D eigenvalue weighted by molar-refractivity contribution is -0.885. The van der Waals surface area contributed by atoms with Crippen LogP contribution < -0.4 is 10.2 Å². The fraction of sp³-hybridized carbons (Fsp3) is 0.588. The highest BCUT2D eigenvalue weighted by molar-refractivity contribution is 5.77. The number of quaternary nitrogens is 1. The number of phenolic OH excluding ortho intramolecular Hbond substituents is 1. The molecule has 1 saturated carbocycles. The number of aromatic hydroxyl groups is 1. The number of likely N-dealkylation sites (N-methyl/N-ethyl adjacent to an activating group) is 1. The van der Waals surface area contributed by atoms with Gasteiger partial charge in [0.05, 0.1) is 7.05 Å². The molecular formula is C17H27N2O2+. The summed E-state index contributed by atoms with van der Waals surface area (Å²) in [4.78, 5) is 12.9. The number of carbonyl (C=O) groups excluding carboxylic acids is 1. The van der Waals surface area contributed by atoms with E-state index in [0.717, 1.165) is 28.9 Å². The van der Waals surface area contributed by atoms with E-state index in [1.165, 1.54) is 5.56 Å². The lowest BCUT2D eigenvalue weighted by Gasteiger charge is -2.17. The molecule has 1 fully saturated rings. The van der Waals surface area contributed by atoms with Crippen molar-refractivity contribution in [3.05, 3.63) is 28.8 Å². The highest BCUT2D eigenvalue weighted by atomic mass is 16.3. The zero-order valence-electron chi connectivity index (χ0n) is 13.5. The standard InChI is InChI=1S/C17H26N2O2/c1-11(2)15-8-13(16(20)7-12(15)3)9-19(4)10-17(21)18-14-5-6-14/h7-8,11,14,20H,5-6,9-10H2,1-4H3,(H,18,21)/p+1. The van der Waals surface area contributed by atoms with E-state index in [9.17, 15) is 9.90 Å². The number of aryl methyl sites for hydroxylation is 1. The van der Waals surface area contributed by atoms with Crippen molar-refractivity contribution in [2.45, 2.75) is 52.1 Å². The molecule has 21 heavy (non-hydrogen) atoms. The Morgan fingerprint density at radius 2 is 2.10 bits per heavy atom. The van der Waals surface area contributed by atoms with Gasteiger partial charge in [0.2, 0.25) is 0 Å². The number of hydrogen-bond donors (Lipinski definition) is 3. The summed E-state index contributed by atoms with van der Waals surface area (Å²) in [6.45, 7) is 7.44. The number of benzene rings is 1. The maximum atomic E-state index is 11.8. The van der Waals surface area contributed by atoms with E-state index in [4.69, 9.17) is 0 Å². The minimum atomic E-state index is 0.102. The molecule has 0 aromatic heterocycles. The Balaban J connectivity index is 2.00. The summed E-state index contributed by atoms with van der Waals surface area (Å²) < 4.78 is 0. The molecule has 0 aliphatic heterocycles. The topological polar surface area (TPSA) is 53.8 Å². The van der Waals surface area contributed by atoms with Crippen LogP contribution in [0.15, 0.2) is 12.1 Å². The van der Waals surface area contributed by atoms with Gasteiger partial charge in [0, 0.05) is 11.6 Å². The van der Waals surface area contributed by atoms with Gasteiger partial charge in [-0.2, -0.15) is 0 Å². The van der Waals surface area contributed by atoms with Gasteiger partial charge in [-0.15, -0.1) is 0 Å². The van der Waals surface area contributed by atoms with Crippen molar-refractivity contribution in [2.24, 2.45) is 0 Å². The Morgan fingerprint density at radius 3 is 2.67 bits per heavy atom. The molecule has 1 amide bonds. The van der Waals surface area contributed by atoms with Gasteiger partial charge in [0.15, 0.2) is 6.54 Å². The molecule has 3 N–H and O–H groups in total. The lowest BCUT2D eigenvalue weighted by Crippen LogP contribution is -3.08. The van der Waals surface area contributed by atoms with E-state index >= 15 is 0 Å². The van der Waals surface area contributed by atoms with Crippen molar-refractivity contribution >= 4 is 5.91 Å². The van der Waals surface area contributed by atoms with Gasteiger partial charge in [0.25, 0.3) is 5.91 Å². The minimum absolute atomic E-state index is 0.102. The van der Waals surface area contributed by atoms with Crippen LogP contribution >= 0.6 is 0 Å². The number of rotatable bonds is 6. The largest absolute Gasteiger partial charge is 0.507 e. The van der Waals surface area contributed by atoms with Gasteiger partial charge in [-0.3, -0.25) is 4.79 Å². The summed E-state index contributed by atoms with van der Waals surface area (Å²) in [5.74, 6) is 0.868. The molecule has 1 aromatic rings. The number of nitrogens with one attached hydrogen (secondary N) is 2. The van der Waals surface area contributed by atoms with Crippen LogP contribution in [0.2, 0.25) is 0 Å². The van der Waals surface area contributed by atoms with Gasteiger partial charge < -0.3 is 15.3 Å². The first-order valence-electron chi connectivity index (χ1n) is 7.80. The third-order valence-electron chi connectivity index (χ3n) is 3.99. The normalized spacial score (nSPS) is 16.0. The van der Waals surface area contributed by atoms with Crippen LogP contribution in [-0.2, 0) is 11.3 Å². The van der Waals surface area contributed by atoms with Crippen LogP contribution in [0.25, 0.3) is 0 Å². The summed E-state index contributed by atoms with van der Waals surface area (Å²) in [5.41, 5.74) is 3.30. The maximum absolute atomic E-state index is 11.8. The van der Waals surface area contributed by atoms with Crippen molar-refractivity contribution in [1.82, 2.24) is 5.32 Å². The second-order valence-electron chi connectivity index (χ2n) is 6.64. The number of hydrogen-bond acceptors (Lipinski definition) is 2. The average Bonchev–Trinajstić information content (AvgIpc) is 3.15. The predicted molar refractivity (Wildman–Crippen MR) is 83.6 cm³/mol. The van der Waals surface area contributed by atoms with Gasteiger partial charge in [-0.1, -0.05) is 13.8 Å². The molecule has 1 unspecified atom stereocenters. The second-order valence-corrected chi connectivity index (χ2v) is 6.64. The number of carbonyl (C=O) groups is 1. The Bertz CT molecular complexity index is 522. The molecular weight excluding hydrogens is 264 g/mol. The molecule has 4 heteroatoms. The van der Waals surface area contributed by atoms with Gasteiger partial charge in [0.1, 0.15) is 12.3 Å². The average molecular weight is 291 g/mol. The Hall–Kier alpha value is -1.55. The first kappa shape index (κ1) is 15.8. The van der Waals surface area contributed by atoms with Crippen molar-refractivity contribution < 1.29 is 14.8 Å². The molecule has 4 nitrogen and oxygen atoms in total. The SMILES string of the molecule is Cc1cc(O)c(C[NH+](C)CC(=O)NC2CC2)cc1C(C)C. The summed E-state index contributed by atoms with van der Waals surface area (Å²) in [6.07, 6.45) is 2.22. The molecule has 2 rings (SSSR count). The highest BCUT2D eigenvalue weighted by Crippen LogP contribution is 2.26. The van der Waals surface area contributed by atoms with Crippen molar-refractivity contribution in [1.29, 1.82) is 0 Å². The van der Waals surface area contributed by atoms with Crippen LogP contribution in [0.4, 0.5) is 0 Å². The van der Waals surface area contributed by atoms with Gasteiger partial charge in [-0.05, 0) is 48.9 Å². The van der Waals surface area contributed by atoms with Crippen LogP contribution in [0.5, 0.6) is 5.75 Å². The Labute approximate surface area is 127 Å². The zero-order chi connectivity index (χ0) is 15.6. The molecule has 0 heterocycles. The Morgan fingerprint density at radius 1 is 1.43 bits per heavy atom. The molecule has 0 spiro atoms. The Kier molecular flexibility index (Phi) is 4.88. The van der Waals surface area contributed by atoms with E-state index in [2.05, 4.69) is 25.2 Å². The maximum Gasteiger partial charge on any atom is 0.275 e. The smallest absolute Gasteiger partial charge is 0.275 e. The fourth-order valence-corrected chi connectivity index (χ4v) is 2.69. The van der Waals surface area contributed by atoms with Gasteiger partial charge >= 0.3 is 0 Å². The molecule has 1 aliphatic carbocycles. The van der Waals surface area contributed by atoms with Gasteiger partial charge in [-0.25, -0.2) is 0 Å². The minimum Gasteiger partial charge on any atom is -0.507 e. The number of phenols is 1. The van der Waals surface area contributed by atoms with Crippen LogP contribution in [0.3, 0.4) is 0 Å².